The summed E-state index contributed by atoms with van der Waals surface area (Å²) in [6.45, 7) is 1.48. The van der Waals surface area contributed by atoms with Crippen molar-refractivity contribution < 1.29 is 22.9 Å². The van der Waals surface area contributed by atoms with Crippen LogP contribution in [0.1, 0.15) is 24.2 Å². The van der Waals surface area contributed by atoms with Gasteiger partial charge in [-0.15, -0.1) is 0 Å². The molecule has 0 fully saturated rings. The Labute approximate surface area is 123 Å². The molecule has 0 saturated carbocycles. The number of hydrogen-bond acceptors (Lipinski definition) is 3. The first-order valence-corrected chi connectivity index (χ1v) is 6.22. The van der Waals surface area contributed by atoms with Crippen LogP contribution in [0.4, 0.5) is 18.9 Å². The number of hydrogen-bond donors (Lipinski definition) is 0. The minimum atomic E-state index is -4.54. The van der Waals surface area contributed by atoms with Crippen molar-refractivity contribution in [3.8, 4) is 0 Å². The lowest BCUT2D eigenvalue weighted by molar-refractivity contribution is -0.384. The molecule has 9 heteroatoms. The summed E-state index contributed by atoms with van der Waals surface area (Å²) in [5, 5.41) is 10.3. The lowest BCUT2D eigenvalue weighted by Crippen LogP contribution is -2.43. The zero-order valence-corrected chi connectivity index (χ0v) is 11.9. The van der Waals surface area contributed by atoms with Crippen molar-refractivity contribution in [1.82, 2.24) is 4.90 Å². The average Bonchev–Trinajstić information content (AvgIpc) is 2.33. The van der Waals surface area contributed by atoms with Gasteiger partial charge in [-0.25, -0.2) is 0 Å². The summed E-state index contributed by atoms with van der Waals surface area (Å²) >= 11 is 5.65. The minimum absolute atomic E-state index is 0.136. The Balaban J connectivity index is 3.10. The van der Waals surface area contributed by atoms with Crippen LogP contribution in [0.5, 0.6) is 0 Å². The fraction of sp³-hybridized carbons (Fsp3) is 0.417. The molecule has 1 aromatic carbocycles. The Morgan fingerprint density at radius 3 is 2.38 bits per heavy atom. The van der Waals surface area contributed by atoms with Crippen molar-refractivity contribution in [2.75, 3.05) is 6.54 Å². The van der Waals surface area contributed by atoms with E-state index in [-0.39, 0.29) is 10.6 Å². The zero-order valence-electron chi connectivity index (χ0n) is 11.1. The van der Waals surface area contributed by atoms with E-state index in [1.807, 2.05) is 0 Å². The summed E-state index contributed by atoms with van der Waals surface area (Å²) in [6, 6.07) is 2.38. The van der Waals surface area contributed by atoms with Gasteiger partial charge in [-0.3, -0.25) is 14.9 Å². The van der Waals surface area contributed by atoms with Crippen molar-refractivity contribution in [3.63, 3.8) is 0 Å². The standard InChI is InChI=1S/C12H12ClF3N2O3/c1-7(2)17(6-12(14,15)16)11(19)8-3-4-10(18(20)21)9(13)5-8/h3-5,7H,6H2,1-2H3. The third-order valence-electron chi connectivity index (χ3n) is 2.63. The second-order valence-corrected chi connectivity index (χ2v) is 4.97. The van der Waals surface area contributed by atoms with Crippen LogP contribution in [-0.2, 0) is 0 Å². The van der Waals surface area contributed by atoms with E-state index in [0.717, 1.165) is 18.2 Å². The van der Waals surface area contributed by atoms with Crippen LogP contribution in [0, 0.1) is 10.1 Å². The topological polar surface area (TPSA) is 63.5 Å². The third-order valence-corrected chi connectivity index (χ3v) is 2.93. The summed E-state index contributed by atoms with van der Waals surface area (Å²) in [4.78, 5) is 22.6. The number of amides is 1. The Morgan fingerprint density at radius 2 is 2.00 bits per heavy atom. The number of rotatable bonds is 4. The molecule has 0 atom stereocenters. The largest absolute Gasteiger partial charge is 0.406 e. The lowest BCUT2D eigenvalue weighted by atomic mass is 10.1. The van der Waals surface area contributed by atoms with Gasteiger partial charge in [0, 0.05) is 17.7 Å². The van der Waals surface area contributed by atoms with Crippen molar-refractivity contribution in [2.45, 2.75) is 26.1 Å². The summed E-state index contributed by atoms with van der Waals surface area (Å²) in [5.41, 5.74) is -0.552. The molecule has 0 N–H and O–H groups in total. The number of alkyl halides is 3. The minimum Gasteiger partial charge on any atom is -0.327 e. The molecule has 0 radical (unpaired) electrons. The molecule has 0 unspecified atom stereocenters. The maximum absolute atomic E-state index is 12.5. The predicted octanol–water partition coefficient (Wildman–Crippen LogP) is 3.66. The van der Waals surface area contributed by atoms with E-state index < -0.39 is 35.3 Å². The number of benzene rings is 1. The zero-order chi connectivity index (χ0) is 16.4. The highest BCUT2D eigenvalue weighted by molar-refractivity contribution is 6.33. The Kier molecular flexibility index (Phi) is 5.16. The van der Waals surface area contributed by atoms with Gasteiger partial charge in [0.05, 0.1) is 4.92 Å². The van der Waals surface area contributed by atoms with Crippen LogP contribution in [0.15, 0.2) is 18.2 Å². The molecule has 0 aliphatic heterocycles. The highest BCUT2D eigenvalue weighted by Gasteiger charge is 2.34. The van der Waals surface area contributed by atoms with Crippen LogP contribution < -0.4 is 0 Å². The van der Waals surface area contributed by atoms with E-state index >= 15 is 0 Å². The molecule has 1 rings (SSSR count). The van der Waals surface area contributed by atoms with Gasteiger partial charge in [-0.05, 0) is 26.0 Å². The molecule has 0 heterocycles. The van der Waals surface area contributed by atoms with Gasteiger partial charge >= 0.3 is 6.18 Å². The van der Waals surface area contributed by atoms with Crippen molar-refractivity contribution in [2.24, 2.45) is 0 Å². The Hall–Kier alpha value is -1.83. The lowest BCUT2D eigenvalue weighted by Gasteiger charge is -2.27. The van der Waals surface area contributed by atoms with E-state index in [2.05, 4.69) is 0 Å². The number of carbonyl (C=O) groups is 1. The quantitative estimate of drug-likeness (QED) is 0.627. The molecule has 5 nitrogen and oxygen atoms in total. The number of halogens is 4. The summed E-state index contributed by atoms with van der Waals surface area (Å²) in [6.07, 6.45) is -4.54. The molecule has 21 heavy (non-hydrogen) atoms. The molecular weight excluding hydrogens is 313 g/mol. The normalized spacial score (nSPS) is 11.6. The molecular formula is C12H12ClF3N2O3. The van der Waals surface area contributed by atoms with Crippen LogP contribution >= 0.6 is 11.6 Å². The SMILES string of the molecule is CC(C)N(CC(F)(F)F)C(=O)c1ccc([N+](=O)[O-])c(Cl)c1. The molecule has 116 valence electrons. The fourth-order valence-electron chi connectivity index (χ4n) is 1.64. The molecule has 1 aromatic rings. The summed E-state index contributed by atoms with van der Waals surface area (Å²) in [5.74, 6) is -0.890. The van der Waals surface area contributed by atoms with E-state index in [9.17, 15) is 28.1 Å². The van der Waals surface area contributed by atoms with Gasteiger partial charge in [0.25, 0.3) is 11.6 Å². The van der Waals surface area contributed by atoms with Crippen molar-refractivity contribution in [3.05, 3.63) is 38.9 Å². The molecule has 0 aromatic heterocycles. The van der Waals surface area contributed by atoms with Crippen LogP contribution in [0.2, 0.25) is 5.02 Å². The number of carbonyl (C=O) groups excluding carboxylic acids is 1. The molecule has 1 amide bonds. The van der Waals surface area contributed by atoms with Crippen molar-refractivity contribution in [1.29, 1.82) is 0 Å². The molecule has 0 spiro atoms. The Bertz CT molecular complexity index is 561. The maximum Gasteiger partial charge on any atom is 0.406 e. The van der Waals surface area contributed by atoms with Gasteiger partial charge in [0.2, 0.25) is 0 Å². The van der Waals surface area contributed by atoms with Gasteiger partial charge in [0.15, 0.2) is 0 Å². The van der Waals surface area contributed by atoms with Gasteiger partial charge < -0.3 is 4.90 Å². The van der Waals surface area contributed by atoms with Gasteiger partial charge in [-0.1, -0.05) is 11.6 Å². The van der Waals surface area contributed by atoms with Crippen LogP contribution in [0.3, 0.4) is 0 Å². The van der Waals surface area contributed by atoms with Crippen molar-refractivity contribution >= 4 is 23.2 Å². The number of nitrogens with zero attached hydrogens (tertiary/aromatic N) is 2. The second-order valence-electron chi connectivity index (χ2n) is 4.57. The second kappa shape index (κ2) is 6.30. The maximum atomic E-state index is 12.5. The van der Waals surface area contributed by atoms with E-state index in [1.54, 1.807) is 0 Å². The first-order chi connectivity index (χ1) is 9.53. The molecule has 0 bridgehead atoms. The first kappa shape index (κ1) is 17.2. The highest BCUT2D eigenvalue weighted by Crippen LogP contribution is 2.26. The number of nitro groups is 1. The molecule has 0 saturated heterocycles. The van der Waals surface area contributed by atoms with Gasteiger partial charge in [0.1, 0.15) is 11.6 Å². The fourth-order valence-corrected chi connectivity index (χ4v) is 1.89. The Morgan fingerprint density at radius 1 is 1.43 bits per heavy atom. The molecule has 0 aliphatic rings. The van der Waals surface area contributed by atoms with Crippen LogP contribution in [-0.4, -0.2) is 34.5 Å². The monoisotopic (exact) mass is 324 g/mol. The summed E-state index contributed by atoms with van der Waals surface area (Å²) < 4.78 is 37.4. The van der Waals surface area contributed by atoms with E-state index in [0.29, 0.717) is 4.90 Å². The number of nitro benzene ring substituents is 1. The molecule has 0 aliphatic carbocycles. The van der Waals surface area contributed by atoms with Crippen LogP contribution in [0.25, 0.3) is 0 Å². The predicted molar refractivity (Wildman–Crippen MR) is 70.3 cm³/mol. The van der Waals surface area contributed by atoms with Gasteiger partial charge in [-0.2, -0.15) is 13.2 Å². The highest BCUT2D eigenvalue weighted by atomic mass is 35.5. The summed E-state index contributed by atoms with van der Waals surface area (Å²) in [7, 11) is 0. The van der Waals surface area contributed by atoms with E-state index in [4.69, 9.17) is 11.6 Å². The van der Waals surface area contributed by atoms with E-state index in [1.165, 1.54) is 13.8 Å². The third kappa shape index (κ3) is 4.59. The average molecular weight is 325 g/mol. The smallest absolute Gasteiger partial charge is 0.327 e. The first-order valence-electron chi connectivity index (χ1n) is 5.84.